The van der Waals surface area contributed by atoms with Crippen LogP contribution in [0.3, 0.4) is 0 Å². The number of pyridine rings is 2. The summed E-state index contributed by atoms with van der Waals surface area (Å²) in [6.07, 6.45) is 5.20. The second kappa shape index (κ2) is 8.81. The number of fused-ring (bicyclic) bond motifs is 1. The maximum Gasteiger partial charge on any atom is 0.163 e. The van der Waals surface area contributed by atoms with Crippen LogP contribution in [-0.2, 0) is 6.54 Å². The second-order valence-electron chi connectivity index (χ2n) is 7.25. The fourth-order valence-corrected chi connectivity index (χ4v) is 3.63. The molecule has 0 amide bonds. The fourth-order valence-electron chi connectivity index (χ4n) is 3.63. The number of rotatable bonds is 6. The monoisotopic (exact) mass is 419 g/mol. The Morgan fingerprint density at radius 1 is 0.844 bits per heavy atom. The number of anilines is 1. The van der Waals surface area contributed by atoms with E-state index in [4.69, 9.17) is 14.7 Å². The Morgan fingerprint density at radius 2 is 1.72 bits per heavy atom. The number of aromatic nitrogens is 4. The third-order valence-corrected chi connectivity index (χ3v) is 5.18. The summed E-state index contributed by atoms with van der Waals surface area (Å²) in [5.74, 6) is 1.99. The number of nitrogens with zero attached hydrogens (tertiary/aromatic N) is 4. The molecular formula is C26H21N5O. The molecule has 0 spiro atoms. The van der Waals surface area contributed by atoms with Gasteiger partial charge in [0.2, 0.25) is 0 Å². The van der Waals surface area contributed by atoms with Crippen molar-refractivity contribution >= 4 is 16.7 Å². The third-order valence-electron chi connectivity index (χ3n) is 5.18. The van der Waals surface area contributed by atoms with Crippen LogP contribution in [0.2, 0.25) is 0 Å². The van der Waals surface area contributed by atoms with Crippen molar-refractivity contribution in [2.24, 2.45) is 0 Å². The molecule has 0 aliphatic carbocycles. The molecule has 5 aromatic rings. The van der Waals surface area contributed by atoms with Crippen molar-refractivity contribution in [1.82, 2.24) is 19.9 Å². The average Bonchev–Trinajstić information content (AvgIpc) is 2.88. The van der Waals surface area contributed by atoms with Crippen molar-refractivity contribution in [2.45, 2.75) is 6.54 Å². The largest absolute Gasteiger partial charge is 0.495 e. The van der Waals surface area contributed by atoms with Crippen molar-refractivity contribution in [2.75, 3.05) is 12.4 Å². The van der Waals surface area contributed by atoms with E-state index in [9.17, 15) is 0 Å². The highest BCUT2D eigenvalue weighted by molar-refractivity contribution is 6.02. The minimum atomic E-state index is 0.547. The molecule has 0 atom stereocenters. The zero-order chi connectivity index (χ0) is 21.8. The van der Waals surface area contributed by atoms with Gasteiger partial charge in [0.25, 0.3) is 0 Å². The second-order valence-corrected chi connectivity index (χ2v) is 7.25. The van der Waals surface area contributed by atoms with E-state index in [1.54, 1.807) is 25.7 Å². The molecule has 32 heavy (non-hydrogen) atoms. The van der Waals surface area contributed by atoms with Crippen molar-refractivity contribution in [3.8, 4) is 28.3 Å². The van der Waals surface area contributed by atoms with Crippen LogP contribution >= 0.6 is 0 Å². The summed E-state index contributed by atoms with van der Waals surface area (Å²) in [5, 5.41) is 4.45. The van der Waals surface area contributed by atoms with Gasteiger partial charge in [-0.1, -0.05) is 48.5 Å². The van der Waals surface area contributed by atoms with Crippen molar-refractivity contribution < 1.29 is 4.74 Å². The lowest BCUT2D eigenvalue weighted by atomic mass is 10.0. The zero-order valence-electron chi connectivity index (χ0n) is 17.6. The smallest absolute Gasteiger partial charge is 0.163 e. The Balaban J connectivity index is 1.68. The Hall–Kier alpha value is -4.32. The highest BCUT2D eigenvalue weighted by Crippen LogP contribution is 2.34. The van der Waals surface area contributed by atoms with Gasteiger partial charge in [-0.3, -0.25) is 9.97 Å². The Kier molecular flexibility index (Phi) is 5.41. The van der Waals surface area contributed by atoms with Crippen LogP contribution in [0.25, 0.3) is 33.4 Å². The van der Waals surface area contributed by atoms with Crippen molar-refractivity contribution in [1.29, 1.82) is 0 Å². The molecule has 0 aliphatic heterocycles. The van der Waals surface area contributed by atoms with Gasteiger partial charge in [0.1, 0.15) is 11.6 Å². The van der Waals surface area contributed by atoms with Gasteiger partial charge < -0.3 is 10.1 Å². The maximum absolute atomic E-state index is 5.33. The Morgan fingerprint density at radius 3 is 2.53 bits per heavy atom. The summed E-state index contributed by atoms with van der Waals surface area (Å²) in [6.45, 7) is 0.547. The van der Waals surface area contributed by atoms with Crippen LogP contribution in [0.4, 0.5) is 5.82 Å². The first kappa shape index (κ1) is 19.6. The number of hydrogen-bond acceptors (Lipinski definition) is 6. The van der Waals surface area contributed by atoms with Gasteiger partial charge in [0.05, 0.1) is 36.4 Å². The summed E-state index contributed by atoms with van der Waals surface area (Å²) < 4.78 is 5.33. The van der Waals surface area contributed by atoms with E-state index in [2.05, 4.69) is 33.5 Å². The normalized spacial score (nSPS) is 10.8. The highest BCUT2D eigenvalue weighted by atomic mass is 16.5. The minimum absolute atomic E-state index is 0.547. The predicted molar refractivity (Wildman–Crippen MR) is 126 cm³/mol. The first-order valence-electron chi connectivity index (χ1n) is 10.3. The molecule has 2 aromatic carbocycles. The van der Waals surface area contributed by atoms with Crippen LogP contribution in [0.5, 0.6) is 5.75 Å². The van der Waals surface area contributed by atoms with Gasteiger partial charge in [-0.05, 0) is 35.4 Å². The summed E-state index contributed by atoms with van der Waals surface area (Å²) in [5.41, 5.74) is 4.75. The van der Waals surface area contributed by atoms with Crippen LogP contribution in [0.1, 0.15) is 5.69 Å². The molecule has 0 fully saturated rings. The molecule has 0 aliphatic rings. The first-order valence-corrected chi connectivity index (χ1v) is 10.3. The van der Waals surface area contributed by atoms with E-state index >= 15 is 0 Å². The molecular weight excluding hydrogens is 398 g/mol. The maximum atomic E-state index is 5.33. The topological polar surface area (TPSA) is 72.8 Å². The minimum Gasteiger partial charge on any atom is -0.495 e. The molecule has 156 valence electrons. The predicted octanol–water partition coefficient (Wildman–Crippen LogP) is 5.37. The fraction of sp³-hybridized carbons (Fsp3) is 0.0769. The van der Waals surface area contributed by atoms with Crippen molar-refractivity contribution in [3.63, 3.8) is 0 Å². The van der Waals surface area contributed by atoms with E-state index in [-0.39, 0.29) is 0 Å². The number of nitrogens with one attached hydrogen (secondary N) is 1. The average molecular weight is 419 g/mol. The molecule has 0 saturated heterocycles. The third kappa shape index (κ3) is 3.98. The van der Waals surface area contributed by atoms with Crippen LogP contribution in [-0.4, -0.2) is 27.0 Å². The molecule has 3 heterocycles. The number of methoxy groups -OCH3 is 1. The Bertz CT molecular complexity index is 1360. The quantitative estimate of drug-likeness (QED) is 0.399. The summed E-state index contributed by atoms with van der Waals surface area (Å²) in [7, 11) is 1.62. The lowest BCUT2D eigenvalue weighted by molar-refractivity contribution is 0.413. The van der Waals surface area contributed by atoms with Gasteiger partial charge in [0, 0.05) is 18.0 Å². The molecule has 3 aromatic heterocycles. The van der Waals surface area contributed by atoms with Crippen LogP contribution in [0.15, 0.2) is 91.4 Å². The van der Waals surface area contributed by atoms with Crippen LogP contribution in [0, 0.1) is 0 Å². The number of hydrogen-bond donors (Lipinski definition) is 1. The molecule has 0 saturated carbocycles. The summed E-state index contributed by atoms with van der Waals surface area (Å²) >= 11 is 0. The Labute approximate surface area is 186 Å². The molecule has 5 rings (SSSR count). The summed E-state index contributed by atoms with van der Waals surface area (Å²) in [4.78, 5) is 18.5. The highest BCUT2D eigenvalue weighted by Gasteiger charge is 2.15. The standard InChI is InChI=1S/C26H21N5O/c1-32-21-14-19(15-27-17-21)25-30-23-12-7-11-22(18-8-3-2-4-9-18)24(23)26(31-25)29-16-20-10-5-6-13-28-20/h2-15,17H,16H2,1H3,(H,29,30,31). The molecule has 0 bridgehead atoms. The van der Waals surface area contributed by atoms with Gasteiger partial charge in [-0.15, -0.1) is 0 Å². The molecule has 0 radical (unpaired) electrons. The van der Waals surface area contributed by atoms with Gasteiger partial charge in [0.15, 0.2) is 5.82 Å². The number of ether oxygens (including phenoxy) is 1. The van der Waals surface area contributed by atoms with E-state index in [1.807, 2.05) is 54.6 Å². The first-order chi connectivity index (χ1) is 15.8. The lowest BCUT2D eigenvalue weighted by Crippen LogP contribution is -2.06. The van der Waals surface area contributed by atoms with E-state index in [0.29, 0.717) is 18.1 Å². The number of benzene rings is 2. The van der Waals surface area contributed by atoms with Gasteiger partial charge >= 0.3 is 0 Å². The SMILES string of the molecule is COc1cncc(-c2nc(NCc3ccccn3)c3c(-c4ccccc4)cccc3n2)c1. The van der Waals surface area contributed by atoms with Gasteiger partial charge in [-0.25, -0.2) is 9.97 Å². The van der Waals surface area contributed by atoms with Crippen LogP contribution < -0.4 is 10.1 Å². The van der Waals surface area contributed by atoms with E-state index in [1.165, 1.54) is 0 Å². The summed E-state index contributed by atoms with van der Waals surface area (Å²) in [6, 6.07) is 24.2. The van der Waals surface area contributed by atoms with Gasteiger partial charge in [-0.2, -0.15) is 0 Å². The lowest BCUT2D eigenvalue weighted by Gasteiger charge is -2.14. The van der Waals surface area contributed by atoms with Crippen molar-refractivity contribution in [3.05, 3.63) is 97.1 Å². The molecule has 0 unspecified atom stereocenters. The zero-order valence-corrected chi connectivity index (χ0v) is 17.6. The molecule has 6 nitrogen and oxygen atoms in total. The molecule has 6 heteroatoms. The van der Waals surface area contributed by atoms with E-state index < -0.39 is 0 Å². The molecule has 1 N–H and O–H groups in total. The van der Waals surface area contributed by atoms with E-state index in [0.717, 1.165) is 39.1 Å².